The average molecular weight is 615 g/mol. The maximum Gasteiger partial charge on any atom is 0.136 e. The Balaban J connectivity index is 1.28. The molecule has 226 valence electrons. The van der Waals surface area contributed by atoms with Crippen LogP contribution < -0.4 is 0 Å². The highest BCUT2D eigenvalue weighted by atomic mass is 16.3. The number of fused-ring (bicyclic) bond motifs is 13. The smallest absolute Gasteiger partial charge is 0.136 e. The van der Waals surface area contributed by atoms with E-state index in [0.29, 0.717) is 0 Å². The van der Waals surface area contributed by atoms with E-state index in [9.17, 15) is 0 Å². The van der Waals surface area contributed by atoms with Gasteiger partial charge in [0.05, 0.1) is 27.8 Å². The third kappa shape index (κ3) is 3.18. The Bertz CT molecular complexity index is 2970. The van der Waals surface area contributed by atoms with Crippen LogP contribution in [0.15, 0.2) is 150 Å². The summed E-state index contributed by atoms with van der Waals surface area (Å²) in [5.41, 5.74) is 14.2. The number of para-hydroxylation sites is 3. The largest absolute Gasteiger partial charge is 0.456 e. The summed E-state index contributed by atoms with van der Waals surface area (Å²) in [4.78, 5) is 0. The summed E-state index contributed by atoms with van der Waals surface area (Å²) < 4.78 is 11.6. The Morgan fingerprint density at radius 1 is 0.438 bits per heavy atom. The zero-order valence-corrected chi connectivity index (χ0v) is 26.7. The minimum atomic E-state index is -0.0813. The molecule has 48 heavy (non-hydrogen) atoms. The molecule has 0 aliphatic heterocycles. The predicted octanol–water partition coefficient (Wildman–Crippen LogP) is 12.1. The van der Waals surface area contributed by atoms with Crippen molar-refractivity contribution in [1.82, 2.24) is 9.13 Å². The molecular weight excluding hydrogens is 585 g/mol. The van der Waals surface area contributed by atoms with Crippen LogP contribution in [0.3, 0.4) is 0 Å². The number of hydrogen-bond donors (Lipinski definition) is 0. The first-order valence-corrected chi connectivity index (χ1v) is 16.7. The Morgan fingerprint density at radius 2 is 1.10 bits per heavy atom. The van der Waals surface area contributed by atoms with Gasteiger partial charge in [-0.25, -0.2) is 0 Å². The van der Waals surface area contributed by atoms with Gasteiger partial charge in [-0.1, -0.05) is 98.8 Å². The second kappa shape index (κ2) is 9.05. The van der Waals surface area contributed by atoms with E-state index in [1.807, 2.05) is 0 Å². The molecule has 0 radical (unpaired) electrons. The van der Waals surface area contributed by atoms with Gasteiger partial charge in [0.2, 0.25) is 0 Å². The van der Waals surface area contributed by atoms with Gasteiger partial charge in [0.25, 0.3) is 0 Å². The van der Waals surface area contributed by atoms with E-state index in [2.05, 4.69) is 169 Å². The average Bonchev–Trinajstić information content (AvgIpc) is 3.83. The number of rotatable bonds is 2. The van der Waals surface area contributed by atoms with Crippen molar-refractivity contribution in [3.05, 3.63) is 157 Å². The van der Waals surface area contributed by atoms with Crippen LogP contribution in [0.4, 0.5) is 0 Å². The normalized spacial score (nSPS) is 13.8. The lowest BCUT2D eigenvalue weighted by Gasteiger charge is -2.21. The summed E-state index contributed by atoms with van der Waals surface area (Å²) in [5.74, 6) is 0. The SMILES string of the molecule is CC1(C)c2ccccc2-c2cc3c(cc21)oc1ccc2c(c4ccccc4n2-c2cccc4c2c2ccccc2n4-c2ccccc2)c13. The van der Waals surface area contributed by atoms with E-state index in [-0.39, 0.29) is 5.41 Å². The van der Waals surface area contributed by atoms with Crippen LogP contribution in [0.25, 0.3) is 88.1 Å². The lowest BCUT2D eigenvalue weighted by Crippen LogP contribution is -2.14. The third-order valence-corrected chi connectivity index (χ3v) is 10.9. The Labute approximate surface area is 276 Å². The van der Waals surface area contributed by atoms with Gasteiger partial charge in [-0.05, 0) is 82.9 Å². The van der Waals surface area contributed by atoms with E-state index in [0.717, 1.165) is 16.9 Å². The van der Waals surface area contributed by atoms with Gasteiger partial charge >= 0.3 is 0 Å². The monoisotopic (exact) mass is 614 g/mol. The molecule has 7 aromatic carbocycles. The highest BCUT2D eigenvalue weighted by molar-refractivity contribution is 6.28. The summed E-state index contributed by atoms with van der Waals surface area (Å²) in [5, 5.41) is 7.30. The predicted molar refractivity (Wildman–Crippen MR) is 200 cm³/mol. The quantitative estimate of drug-likeness (QED) is 0.190. The van der Waals surface area contributed by atoms with Gasteiger partial charge in [0.15, 0.2) is 0 Å². The van der Waals surface area contributed by atoms with E-state index in [1.165, 1.54) is 82.3 Å². The number of benzene rings is 7. The van der Waals surface area contributed by atoms with Gasteiger partial charge in [-0.15, -0.1) is 0 Å². The molecule has 0 fully saturated rings. The molecular formula is C45H30N2O. The van der Waals surface area contributed by atoms with Crippen molar-refractivity contribution in [2.75, 3.05) is 0 Å². The van der Waals surface area contributed by atoms with Crippen molar-refractivity contribution >= 4 is 65.6 Å². The van der Waals surface area contributed by atoms with Crippen LogP contribution in [0.5, 0.6) is 0 Å². The molecule has 0 N–H and O–H groups in total. The van der Waals surface area contributed by atoms with E-state index in [4.69, 9.17) is 4.42 Å². The van der Waals surface area contributed by atoms with Crippen LogP contribution in [0.1, 0.15) is 25.0 Å². The maximum absolute atomic E-state index is 6.71. The van der Waals surface area contributed by atoms with Crippen molar-refractivity contribution in [3.8, 4) is 22.5 Å². The number of aromatic nitrogens is 2. The van der Waals surface area contributed by atoms with E-state index in [1.54, 1.807) is 0 Å². The molecule has 10 aromatic rings. The van der Waals surface area contributed by atoms with Crippen LogP contribution in [0, 0.1) is 0 Å². The van der Waals surface area contributed by atoms with Gasteiger partial charge in [0, 0.05) is 43.4 Å². The Morgan fingerprint density at radius 3 is 1.94 bits per heavy atom. The van der Waals surface area contributed by atoms with Crippen LogP contribution >= 0.6 is 0 Å². The Kier molecular flexibility index (Phi) is 4.91. The van der Waals surface area contributed by atoms with Gasteiger partial charge in [-0.3, -0.25) is 0 Å². The highest BCUT2D eigenvalue weighted by Crippen LogP contribution is 2.52. The van der Waals surface area contributed by atoms with Gasteiger partial charge in [-0.2, -0.15) is 0 Å². The fraction of sp³-hybridized carbons (Fsp3) is 0.0667. The minimum absolute atomic E-state index is 0.0813. The van der Waals surface area contributed by atoms with Crippen molar-refractivity contribution in [2.24, 2.45) is 0 Å². The summed E-state index contributed by atoms with van der Waals surface area (Å²) >= 11 is 0. The summed E-state index contributed by atoms with van der Waals surface area (Å²) in [6.07, 6.45) is 0. The second-order valence-corrected chi connectivity index (χ2v) is 13.7. The summed E-state index contributed by atoms with van der Waals surface area (Å²) in [6, 6.07) is 53.0. The molecule has 0 amide bonds. The van der Waals surface area contributed by atoms with E-state index >= 15 is 0 Å². The zero-order valence-electron chi connectivity index (χ0n) is 26.7. The molecule has 0 bridgehead atoms. The third-order valence-electron chi connectivity index (χ3n) is 10.9. The molecule has 0 spiro atoms. The molecule has 1 aliphatic rings. The summed E-state index contributed by atoms with van der Waals surface area (Å²) in [7, 11) is 0. The van der Waals surface area contributed by atoms with Crippen LogP contribution in [0.2, 0.25) is 0 Å². The lowest BCUT2D eigenvalue weighted by atomic mass is 9.82. The number of furan rings is 1. The maximum atomic E-state index is 6.71. The standard InChI is InChI=1S/C45H30N2O/c1-45(2)33-18-9-6-15-28(33)31-25-32-41(26-34(31)45)48-40-24-23-39-43(44(32)40)30-17-8-11-20-36(30)47(39)38-22-12-21-37-42(38)29-16-7-10-19-35(29)46(37)27-13-4-3-5-14-27/h3-26H,1-2H3. The fourth-order valence-corrected chi connectivity index (χ4v) is 8.82. The first-order chi connectivity index (χ1) is 23.6. The molecule has 0 saturated heterocycles. The van der Waals surface area contributed by atoms with Gasteiger partial charge < -0.3 is 13.6 Å². The number of hydrogen-bond acceptors (Lipinski definition) is 1. The molecule has 3 heteroatoms. The van der Waals surface area contributed by atoms with E-state index < -0.39 is 0 Å². The molecule has 3 aromatic heterocycles. The fourth-order valence-electron chi connectivity index (χ4n) is 8.82. The first kappa shape index (κ1) is 26.1. The van der Waals surface area contributed by atoms with Crippen LogP contribution in [-0.4, -0.2) is 9.13 Å². The minimum Gasteiger partial charge on any atom is -0.456 e. The lowest BCUT2D eigenvalue weighted by molar-refractivity contribution is 0.647. The number of nitrogens with zero attached hydrogens (tertiary/aromatic N) is 2. The van der Waals surface area contributed by atoms with Crippen molar-refractivity contribution < 1.29 is 4.42 Å². The van der Waals surface area contributed by atoms with Gasteiger partial charge in [0.1, 0.15) is 11.2 Å². The molecule has 0 atom stereocenters. The van der Waals surface area contributed by atoms with Crippen LogP contribution in [-0.2, 0) is 5.41 Å². The first-order valence-electron chi connectivity index (χ1n) is 16.7. The van der Waals surface area contributed by atoms with Crippen molar-refractivity contribution in [2.45, 2.75) is 19.3 Å². The molecule has 0 saturated carbocycles. The molecule has 3 nitrogen and oxygen atoms in total. The Hall–Kier alpha value is -6.06. The summed E-state index contributed by atoms with van der Waals surface area (Å²) in [6.45, 7) is 4.65. The van der Waals surface area contributed by atoms with Crippen molar-refractivity contribution in [1.29, 1.82) is 0 Å². The molecule has 1 aliphatic carbocycles. The molecule has 3 heterocycles. The van der Waals surface area contributed by atoms with Crippen molar-refractivity contribution in [3.63, 3.8) is 0 Å². The topological polar surface area (TPSA) is 23.0 Å². The highest BCUT2D eigenvalue weighted by Gasteiger charge is 2.36. The zero-order chi connectivity index (χ0) is 31.7. The molecule has 11 rings (SSSR count). The molecule has 0 unspecified atom stereocenters. The second-order valence-electron chi connectivity index (χ2n) is 13.7.